The number of phenols is 2. The molecule has 38 heavy (non-hydrogen) atoms. The minimum Gasteiger partial charge on any atom is -0.504 e. The minimum atomic E-state index is -1.70. The molecule has 1 saturated heterocycles. The predicted octanol–water partition coefficient (Wildman–Crippen LogP) is -0.396. The Hall–Kier alpha value is -3.46. The second-order valence-electron chi connectivity index (χ2n) is 8.67. The second kappa shape index (κ2) is 12.9. The summed E-state index contributed by atoms with van der Waals surface area (Å²) in [6.45, 7) is 2.83. The first-order valence-corrected chi connectivity index (χ1v) is 11.6. The maximum Gasteiger partial charge on any atom is 0.334 e. The van der Waals surface area contributed by atoms with Crippen molar-refractivity contribution in [2.45, 2.75) is 43.4 Å². The van der Waals surface area contributed by atoms with E-state index >= 15 is 0 Å². The SMILES string of the molecule is C=C[C@H]1[C@H](O[C@@H]2O[C@H](CO)[C@@H](O)[C@H](O)[C@H]2O)OC=C(C(=O)O)[C@H]1CCOC(=O)/C=C/c1ccc(O)c(O)c1. The number of hydrogen-bond acceptors (Lipinski definition) is 12. The zero-order valence-corrected chi connectivity index (χ0v) is 20.1. The number of aromatic hydroxyl groups is 2. The first kappa shape index (κ1) is 29.1. The number of ether oxygens (including phenoxy) is 4. The molecule has 208 valence electrons. The Labute approximate surface area is 217 Å². The molecule has 3 rings (SSSR count). The predicted molar refractivity (Wildman–Crippen MR) is 127 cm³/mol. The third-order valence-electron chi connectivity index (χ3n) is 6.23. The van der Waals surface area contributed by atoms with Crippen LogP contribution in [0.2, 0.25) is 0 Å². The molecule has 1 aromatic carbocycles. The van der Waals surface area contributed by atoms with E-state index in [0.717, 1.165) is 12.3 Å². The van der Waals surface area contributed by atoms with Crippen LogP contribution in [0, 0.1) is 11.8 Å². The van der Waals surface area contributed by atoms with Crippen molar-refractivity contribution in [3.05, 3.63) is 54.3 Å². The first-order chi connectivity index (χ1) is 18.1. The standard InChI is InChI=1S/C25H30O13/c1-2-13-14(7-8-35-19(29)6-4-12-3-5-16(27)17(28)9-12)15(23(33)34)11-36-24(13)38-25-22(32)21(31)20(30)18(10-26)37-25/h2-6,9,11,13-14,18,20-22,24-28,30-32H,1,7-8,10H2,(H,33,34)/b6-4+/t13-,14+,18-,20-,21+,22-,24+,25+/m1/s1. The molecular weight excluding hydrogens is 508 g/mol. The lowest BCUT2D eigenvalue weighted by Gasteiger charge is -2.43. The summed E-state index contributed by atoms with van der Waals surface area (Å²) in [5, 5.41) is 68.1. The first-order valence-electron chi connectivity index (χ1n) is 11.6. The van der Waals surface area contributed by atoms with Gasteiger partial charge in [0.15, 0.2) is 17.8 Å². The highest BCUT2D eigenvalue weighted by Crippen LogP contribution is 2.36. The molecule has 0 saturated carbocycles. The summed E-state index contributed by atoms with van der Waals surface area (Å²) in [4.78, 5) is 23.9. The van der Waals surface area contributed by atoms with Gasteiger partial charge in [-0.25, -0.2) is 9.59 Å². The number of aliphatic hydroxyl groups excluding tert-OH is 4. The normalized spacial score (nSPS) is 31.3. The molecule has 1 fully saturated rings. The van der Waals surface area contributed by atoms with Crippen molar-refractivity contribution in [2.24, 2.45) is 11.8 Å². The van der Waals surface area contributed by atoms with Gasteiger partial charge in [0, 0.05) is 17.9 Å². The minimum absolute atomic E-state index is 0.0201. The molecule has 0 spiro atoms. The van der Waals surface area contributed by atoms with Gasteiger partial charge in [-0.1, -0.05) is 12.1 Å². The van der Waals surface area contributed by atoms with Crippen LogP contribution in [-0.4, -0.2) is 97.9 Å². The van der Waals surface area contributed by atoms with E-state index in [1.165, 1.54) is 30.4 Å². The van der Waals surface area contributed by atoms with Gasteiger partial charge in [0.05, 0.1) is 25.0 Å². The summed E-state index contributed by atoms with van der Waals surface area (Å²) in [6.07, 6.45) is -4.16. The van der Waals surface area contributed by atoms with Crippen LogP contribution >= 0.6 is 0 Å². The zero-order chi connectivity index (χ0) is 28.0. The van der Waals surface area contributed by atoms with Crippen LogP contribution in [0.3, 0.4) is 0 Å². The van der Waals surface area contributed by atoms with E-state index < -0.39 is 67.4 Å². The Morgan fingerprint density at radius 1 is 1.05 bits per heavy atom. The summed E-state index contributed by atoms with van der Waals surface area (Å²) in [7, 11) is 0. The van der Waals surface area contributed by atoms with Crippen LogP contribution in [0.4, 0.5) is 0 Å². The molecule has 13 nitrogen and oxygen atoms in total. The second-order valence-corrected chi connectivity index (χ2v) is 8.67. The number of carbonyl (C=O) groups is 2. The highest BCUT2D eigenvalue weighted by atomic mass is 16.8. The summed E-state index contributed by atoms with van der Waals surface area (Å²) >= 11 is 0. The highest BCUT2D eigenvalue weighted by molar-refractivity contribution is 5.88. The average Bonchev–Trinajstić information content (AvgIpc) is 2.89. The molecule has 2 heterocycles. The Morgan fingerprint density at radius 3 is 2.42 bits per heavy atom. The van der Waals surface area contributed by atoms with E-state index in [1.54, 1.807) is 0 Å². The van der Waals surface area contributed by atoms with E-state index in [2.05, 4.69) is 6.58 Å². The van der Waals surface area contributed by atoms with Gasteiger partial charge in [0.25, 0.3) is 0 Å². The van der Waals surface area contributed by atoms with Gasteiger partial charge in [0.2, 0.25) is 6.29 Å². The fraction of sp³-hybridized carbons (Fsp3) is 0.440. The highest BCUT2D eigenvalue weighted by Gasteiger charge is 2.47. The lowest BCUT2D eigenvalue weighted by molar-refractivity contribution is -0.339. The zero-order valence-electron chi connectivity index (χ0n) is 20.1. The van der Waals surface area contributed by atoms with Gasteiger partial charge in [-0.15, -0.1) is 6.58 Å². The quantitative estimate of drug-likeness (QED) is 0.0876. The van der Waals surface area contributed by atoms with Crippen LogP contribution in [0.1, 0.15) is 12.0 Å². The molecule has 1 aromatic rings. The van der Waals surface area contributed by atoms with Crippen LogP contribution < -0.4 is 0 Å². The molecular formula is C25H30O13. The molecule has 0 aliphatic carbocycles. The number of phenolic OH excluding ortho intramolecular Hbond substituents is 2. The molecule has 2 aliphatic heterocycles. The molecule has 0 amide bonds. The van der Waals surface area contributed by atoms with Gasteiger partial charge in [0.1, 0.15) is 24.4 Å². The van der Waals surface area contributed by atoms with Crippen molar-refractivity contribution in [1.29, 1.82) is 0 Å². The molecule has 0 radical (unpaired) electrons. The molecule has 0 bridgehead atoms. The number of aliphatic carboxylic acids is 1. The number of esters is 1. The number of rotatable bonds is 10. The number of carboxylic acid groups (broad SMARTS) is 1. The Morgan fingerprint density at radius 2 is 1.79 bits per heavy atom. The van der Waals surface area contributed by atoms with Crippen molar-refractivity contribution in [2.75, 3.05) is 13.2 Å². The summed E-state index contributed by atoms with van der Waals surface area (Å²) in [5.41, 5.74) is 0.285. The van der Waals surface area contributed by atoms with E-state index in [4.69, 9.17) is 18.9 Å². The van der Waals surface area contributed by atoms with Gasteiger partial charge in [-0.3, -0.25) is 0 Å². The number of hydrogen-bond donors (Lipinski definition) is 7. The van der Waals surface area contributed by atoms with E-state index in [0.29, 0.717) is 5.56 Å². The molecule has 0 unspecified atom stereocenters. The maximum absolute atomic E-state index is 12.1. The molecule has 7 N–H and O–H groups in total. The molecule has 13 heteroatoms. The van der Waals surface area contributed by atoms with Gasteiger partial charge >= 0.3 is 11.9 Å². The van der Waals surface area contributed by atoms with Crippen LogP contribution in [0.25, 0.3) is 6.08 Å². The Balaban J connectivity index is 1.65. The lowest BCUT2D eigenvalue weighted by Crippen LogP contribution is -2.60. The number of carbonyl (C=O) groups excluding carboxylic acids is 1. The van der Waals surface area contributed by atoms with Gasteiger partial charge in [-0.05, 0) is 30.2 Å². The van der Waals surface area contributed by atoms with E-state index in [1.807, 2.05) is 0 Å². The topological polar surface area (TPSA) is 213 Å². The number of aliphatic hydroxyl groups is 4. The van der Waals surface area contributed by atoms with E-state index in [9.17, 15) is 45.3 Å². The van der Waals surface area contributed by atoms with Crippen LogP contribution in [0.15, 0.2) is 48.8 Å². The van der Waals surface area contributed by atoms with Crippen molar-refractivity contribution >= 4 is 18.0 Å². The Bertz CT molecular complexity index is 1070. The number of benzene rings is 1. The molecule has 2 aliphatic rings. The van der Waals surface area contributed by atoms with E-state index in [-0.39, 0.29) is 30.1 Å². The third kappa shape index (κ3) is 6.69. The maximum atomic E-state index is 12.1. The van der Waals surface area contributed by atoms with Gasteiger partial charge in [-0.2, -0.15) is 0 Å². The number of carboxylic acids is 1. The van der Waals surface area contributed by atoms with Crippen LogP contribution in [0.5, 0.6) is 11.5 Å². The lowest BCUT2D eigenvalue weighted by atomic mass is 9.82. The fourth-order valence-electron chi connectivity index (χ4n) is 4.13. The summed E-state index contributed by atoms with van der Waals surface area (Å²) in [5.74, 6) is -4.33. The van der Waals surface area contributed by atoms with Gasteiger partial charge < -0.3 is 54.7 Å². The third-order valence-corrected chi connectivity index (χ3v) is 6.23. The summed E-state index contributed by atoms with van der Waals surface area (Å²) < 4.78 is 21.6. The Kier molecular flexibility index (Phi) is 9.85. The summed E-state index contributed by atoms with van der Waals surface area (Å²) in [6, 6.07) is 3.97. The average molecular weight is 539 g/mol. The monoisotopic (exact) mass is 538 g/mol. The van der Waals surface area contributed by atoms with Crippen molar-refractivity contribution < 1.29 is 64.3 Å². The molecule has 8 atom stereocenters. The van der Waals surface area contributed by atoms with Crippen LogP contribution in [-0.2, 0) is 28.5 Å². The smallest absolute Gasteiger partial charge is 0.334 e. The largest absolute Gasteiger partial charge is 0.504 e. The van der Waals surface area contributed by atoms with Crippen molar-refractivity contribution in [3.8, 4) is 11.5 Å². The molecule has 0 aromatic heterocycles. The van der Waals surface area contributed by atoms with Crippen molar-refractivity contribution in [3.63, 3.8) is 0 Å². The van der Waals surface area contributed by atoms with Crippen molar-refractivity contribution in [1.82, 2.24) is 0 Å². The fourth-order valence-corrected chi connectivity index (χ4v) is 4.13.